The third-order valence-corrected chi connectivity index (χ3v) is 3.39. The van der Waals surface area contributed by atoms with Gasteiger partial charge in [-0.05, 0) is 41.8 Å². The smallest absolute Gasteiger partial charge is 0.311 e. The van der Waals surface area contributed by atoms with Crippen LogP contribution in [0.2, 0.25) is 10.0 Å². The SMILES string of the molecule is O=C(O)C(Cc1ccc(Cl)cc1)c1cccc(Cl)c1. The molecule has 2 nitrogen and oxygen atoms in total. The average molecular weight is 295 g/mol. The summed E-state index contributed by atoms with van der Waals surface area (Å²) in [7, 11) is 0. The monoisotopic (exact) mass is 294 g/mol. The van der Waals surface area contributed by atoms with Crippen LogP contribution in [0, 0.1) is 0 Å². The summed E-state index contributed by atoms with van der Waals surface area (Å²) in [6.07, 6.45) is 0.410. The molecule has 0 saturated carbocycles. The van der Waals surface area contributed by atoms with Crippen molar-refractivity contribution in [2.24, 2.45) is 0 Å². The Morgan fingerprint density at radius 1 is 1.05 bits per heavy atom. The van der Waals surface area contributed by atoms with Crippen molar-refractivity contribution >= 4 is 29.2 Å². The molecule has 0 amide bonds. The fourth-order valence-electron chi connectivity index (χ4n) is 1.93. The molecule has 98 valence electrons. The lowest BCUT2D eigenvalue weighted by Crippen LogP contribution is -2.14. The van der Waals surface area contributed by atoms with Gasteiger partial charge in [0.1, 0.15) is 0 Å². The second-order valence-electron chi connectivity index (χ2n) is 4.28. The summed E-state index contributed by atoms with van der Waals surface area (Å²) in [6, 6.07) is 14.1. The number of halogens is 2. The van der Waals surface area contributed by atoms with Gasteiger partial charge < -0.3 is 5.11 Å². The van der Waals surface area contributed by atoms with E-state index in [9.17, 15) is 9.90 Å². The molecule has 0 bridgehead atoms. The first-order valence-corrected chi connectivity index (χ1v) is 6.54. The van der Waals surface area contributed by atoms with Crippen molar-refractivity contribution in [2.45, 2.75) is 12.3 Å². The molecule has 1 atom stereocenters. The van der Waals surface area contributed by atoms with Gasteiger partial charge in [-0.1, -0.05) is 47.5 Å². The predicted octanol–water partition coefficient (Wildman–Crippen LogP) is 4.40. The van der Waals surface area contributed by atoms with Crippen molar-refractivity contribution in [3.63, 3.8) is 0 Å². The summed E-state index contributed by atoms with van der Waals surface area (Å²) in [5.74, 6) is -1.47. The standard InChI is InChI=1S/C15H12Cl2O2/c16-12-6-4-10(5-7-12)8-14(15(18)19)11-2-1-3-13(17)9-11/h1-7,9,14H,8H2,(H,18,19). The van der Waals surface area contributed by atoms with E-state index in [-0.39, 0.29) is 0 Å². The zero-order chi connectivity index (χ0) is 13.8. The summed E-state index contributed by atoms with van der Waals surface area (Å²) in [6.45, 7) is 0. The van der Waals surface area contributed by atoms with E-state index in [1.165, 1.54) is 0 Å². The second kappa shape index (κ2) is 6.09. The van der Waals surface area contributed by atoms with Gasteiger partial charge in [0.15, 0.2) is 0 Å². The normalized spacial score (nSPS) is 12.1. The van der Waals surface area contributed by atoms with Crippen molar-refractivity contribution in [3.8, 4) is 0 Å². The third kappa shape index (κ3) is 3.72. The zero-order valence-corrected chi connectivity index (χ0v) is 11.5. The van der Waals surface area contributed by atoms with Crippen LogP contribution in [0.15, 0.2) is 48.5 Å². The highest BCUT2D eigenvalue weighted by atomic mass is 35.5. The van der Waals surface area contributed by atoms with Crippen molar-refractivity contribution in [1.82, 2.24) is 0 Å². The molecule has 2 rings (SSSR count). The zero-order valence-electron chi connectivity index (χ0n) is 10.0. The molecular weight excluding hydrogens is 283 g/mol. The fourth-order valence-corrected chi connectivity index (χ4v) is 2.25. The fraction of sp³-hybridized carbons (Fsp3) is 0.133. The molecule has 4 heteroatoms. The van der Waals surface area contributed by atoms with Crippen molar-refractivity contribution in [3.05, 3.63) is 69.7 Å². The first kappa shape index (κ1) is 13.9. The molecule has 0 fully saturated rings. The molecule has 0 aromatic heterocycles. The third-order valence-electron chi connectivity index (χ3n) is 2.90. The molecule has 0 aliphatic rings. The molecule has 1 N–H and O–H groups in total. The highest BCUT2D eigenvalue weighted by molar-refractivity contribution is 6.30. The number of hydrogen-bond acceptors (Lipinski definition) is 1. The quantitative estimate of drug-likeness (QED) is 0.907. The van der Waals surface area contributed by atoms with Crippen LogP contribution in [-0.4, -0.2) is 11.1 Å². The first-order chi connectivity index (χ1) is 9.06. The Morgan fingerprint density at radius 2 is 1.74 bits per heavy atom. The Hall–Kier alpha value is -1.51. The van der Waals surface area contributed by atoms with Gasteiger partial charge in [-0.25, -0.2) is 0 Å². The number of carbonyl (C=O) groups is 1. The minimum Gasteiger partial charge on any atom is -0.481 e. The summed E-state index contributed by atoms with van der Waals surface area (Å²) in [5, 5.41) is 10.5. The van der Waals surface area contributed by atoms with Crippen LogP contribution >= 0.6 is 23.2 Å². The molecule has 2 aromatic rings. The maximum Gasteiger partial charge on any atom is 0.311 e. The van der Waals surface area contributed by atoms with Gasteiger partial charge in [0.05, 0.1) is 5.92 Å². The minimum atomic E-state index is -0.864. The summed E-state index contributed by atoms with van der Waals surface area (Å²) < 4.78 is 0. The van der Waals surface area contributed by atoms with E-state index in [0.29, 0.717) is 22.0 Å². The lowest BCUT2D eigenvalue weighted by molar-refractivity contribution is -0.138. The van der Waals surface area contributed by atoms with Gasteiger partial charge in [0.2, 0.25) is 0 Å². The molecule has 0 heterocycles. The van der Waals surface area contributed by atoms with Crippen LogP contribution in [0.5, 0.6) is 0 Å². The molecule has 0 radical (unpaired) electrons. The van der Waals surface area contributed by atoms with Gasteiger partial charge in [-0.2, -0.15) is 0 Å². The van der Waals surface area contributed by atoms with Crippen molar-refractivity contribution in [2.75, 3.05) is 0 Å². The van der Waals surface area contributed by atoms with Crippen LogP contribution in [0.4, 0.5) is 0 Å². The van der Waals surface area contributed by atoms with E-state index in [1.807, 2.05) is 12.1 Å². The number of carboxylic acids is 1. The topological polar surface area (TPSA) is 37.3 Å². The van der Waals surface area contributed by atoms with Gasteiger partial charge in [0, 0.05) is 10.0 Å². The van der Waals surface area contributed by atoms with Crippen molar-refractivity contribution < 1.29 is 9.90 Å². The molecule has 19 heavy (non-hydrogen) atoms. The Balaban J connectivity index is 2.26. The van der Waals surface area contributed by atoms with E-state index in [4.69, 9.17) is 23.2 Å². The van der Waals surface area contributed by atoms with Crippen molar-refractivity contribution in [1.29, 1.82) is 0 Å². The second-order valence-corrected chi connectivity index (χ2v) is 5.15. The number of aliphatic carboxylic acids is 1. The summed E-state index contributed by atoms with van der Waals surface area (Å²) in [4.78, 5) is 11.4. The van der Waals surface area contributed by atoms with E-state index in [2.05, 4.69) is 0 Å². The van der Waals surface area contributed by atoms with Gasteiger partial charge in [-0.3, -0.25) is 4.79 Å². The van der Waals surface area contributed by atoms with Crippen LogP contribution in [0.1, 0.15) is 17.0 Å². The lowest BCUT2D eigenvalue weighted by Gasteiger charge is -2.13. The Morgan fingerprint density at radius 3 is 2.32 bits per heavy atom. The number of carboxylic acid groups (broad SMARTS) is 1. The lowest BCUT2D eigenvalue weighted by atomic mass is 9.92. The molecule has 1 unspecified atom stereocenters. The largest absolute Gasteiger partial charge is 0.481 e. The highest BCUT2D eigenvalue weighted by Gasteiger charge is 2.20. The van der Waals surface area contributed by atoms with Gasteiger partial charge in [-0.15, -0.1) is 0 Å². The number of hydrogen-bond donors (Lipinski definition) is 1. The van der Waals surface area contributed by atoms with E-state index >= 15 is 0 Å². The van der Waals surface area contributed by atoms with E-state index < -0.39 is 11.9 Å². The maximum atomic E-state index is 11.4. The van der Waals surface area contributed by atoms with E-state index in [0.717, 1.165) is 5.56 Å². The van der Waals surface area contributed by atoms with Gasteiger partial charge in [0.25, 0.3) is 0 Å². The average Bonchev–Trinajstić information content (AvgIpc) is 2.37. The molecule has 0 spiro atoms. The van der Waals surface area contributed by atoms with E-state index in [1.54, 1.807) is 36.4 Å². The number of rotatable bonds is 4. The predicted molar refractivity (Wildman–Crippen MR) is 77.0 cm³/mol. The molecule has 2 aromatic carbocycles. The highest BCUT2D eigenvalue weighted by Crippen LogP contribution is 2.24. The Bertz CT molecular complexity index is 579. The molecule has 0 saturated heterocycles. The first-order valence-electron chi connectivity index (χ1n) is 5.79. The van der Waals surface area contributed by atoms with Crippen LogP contribution in [-0.2, 0) is 11.2 Å². The number of benzene rings is 2. The van der Waals surface area contributed by atoms with Crippen LogP contribution in [0.3, 0.4) is 0 Å². The van der Waals surface area contributed by atoms with Gasteiger partial charge >= 0.3 is 5.97 Å². The Kier molecular flexibility index (Phi) is 4.46. The molecule has 0 aliphatic carbocycles. The minimum absolute atomic E-state index is 0.410. The molecular formula is C15H12Cl2O2. The van der Waals surface area contributed by atoms with Crippen LogP contribution in [0.25, 0.3) is 0 Å². The Labute approximate surface area is 121 Å². The maximum absolute atomic E-state index is 11.4. The summed E-state index contributed by atoms with van der Waals surface area (Å²) >= 11 is 11.7. The van der Waals surface area contributed by atoms with Crippen LogP contribution < -0.4 is 0 Å². The summed E-state index contributed by atoms with van der Waals surface area (Å²) in [5.41, 5.74) is 1.63. The molecule has 0 aliphatic heterocycles.